The summed E-state index contributed by atoms with van der Waals surface area (Å²) in [5, 5.41) is 2.43. The molecule has 150 valence electrons. The van der Waals surface area contributed by atoms with Gasteiger partial charge in [-0.3, -0.25) is 4.79 Å². The molecule has 3 aromatic rings. The van der Waals surface area contributed by atoms with Gasteiger partial charge in [-0.1, -0.05) is 6.07 Å². The molecule has 3 aromatic carbocycles. The fourth-order valence-corrected chi connectivity index (χ4v) is 2.67. The number of anilines is 1. The van der Waals surface area contributed by atoms with Crippen LogP contribution < -0.4 is 19.5 Å². The summed E-state index contributed by atoms with van der Waals surface area (Å²) in [6.45, 7) is 0.141. The molecule has 1 amide bonds. The Bertz CT molecular complexity index is 1020. The zero-order chi connectivity index (χ0) is 20.8. The molecule has 7 heteroatoms. The summed E-state index contributed by atoms with van der Waals surface area (Å²) < 4.78 is 43.1. The van der Waals surface area contributed by atoms with E-state index in [4.69, 9.17) is 14.2 Å². The molecule has 0 atom stereocenters. The Kier molecular flexibility index (Phi) is 6.29. The molecule has 0 aliphatic rings. The molecule has 0 fully saturated rings. The highest BCUT2D eigenvalue weighted by Gasteiger charge is 2.13. The Morgan fingerprint density at radius 1 is 0.931 bits per heavy atom. The van der Waals surface area contributed by atoms with Crippen molar-refractivity contribution >= 4 is 11.6 Å². The highest BCUT2D eigenvalue weighted by atomic mass is 19.1. The minimum atomic E-state index is -0.853. The van der Waals surface area contributed by atoms with E-state index in [9.17, 15) is 13.6 Å². The van der Waals surface area contributed by atoms with Crippen molar-refractivity contribution in [2.75, 3.05) is 19.5 Å². The number of nitrogens with one attached hydrogen (secondary N) is 1. The molecular formula is C22H19F2NO4. The lowest BCUT2D eigenvalue weighted by atomic mass is 10.1. The number of carbonyl (C=O) groups excluding carboxylic acids is 1. The van der Waals surface area contributed by atoms with Crippen LogP contribution >= 0.6 is 0 Å². The van der Waals surface area contributed by atoms with Crippen LogP contribution in [-0.4, -0.2) is 20.1 Å². The summed E-state index contributed by atoms with van der Waals surface area (Å²) in [6.07, 6.45) is 0. The Hall–Kier alpha value is -3.61. The summed E-state index contributed by atoms with van der Waals surface area (Å²) in [4.78, 5) is 12.5. The molecule has 0 aromatic heterocycles. The van der Waals surface area contributed by atoms with Crippen molar-refractivity contribution < 1.29 is 27.8 Å². The molecule has 3 rings (SSSR count). The smallest absolute Gasteiger partial charge is 0.255 e. The van der Waals surface area contributed by atoms with Gasteiger partial charge in [0, 0.05) is 23.3 Å². The molecule has 5 nitrogen and oxygen atoms in total. The topological polar surface area (TPSA) is 56.8 Å². The van der Waals surface area contributed by atoms with Gasteiger partial charge in [0.2, 0.25) is 0 Å². The first-order valence-corrected chi connectivity index (χ1v) is 8.70. The lowest BCUT2D eigenvalue weighted by Gasteiger charge is -2.13. The van der Waals surface area contributed by atoms with E-state index in [0.717, 1.165) is 6.07 Å². The number of methoxy groups -OCH3 is 2. The summed E-state index contributed by atoms with van der Waals surface area (Å²) in [5.41, 5.74) is 0.794. The van der Waals surface area contributed by atoms with Crippen LogP contribution in [0, 0.1) is 11.6 Å². The maximum absolute atomic E-state index is 13.8. The van der Waals surface area contributed by atoms with Crippen LogP contribution in [0.4, 0.5) is 14.5 Å². The fraction of sp³-hybridized carbons (Fsp3) is 0.136. The average Bonchev–Trinajstić information content (AvgIpc) is 2.74. The third-order valence-electron chi connectivity index (χ3n) is 4.16. The van der Waals surface area contributed by atoms with E-state index in [1.54, 1.807) is 49.6 Å². The van der Waals surface area contributed by atoms with Crippen LogP contribution in [0.15, 0.2) is 60.7 Å². The second-order valence-electron chi connectivity index (χ2n) is 6.07. The highest BCUT2D eigenvalue weighted by Crippen LogP contribution is 2.25. The van der Waals surface area contributed by atoms with Crippen molar-refractivity contribution in [2.24, 2.45) is 0 Å². The maximum atomic E-state index is 13.8. The summed E-state index contributed by atoms with van der Waals surface area (Å²) >= 11 is 0. The third kappa shape index (κ3) is 5.01. The Balaban J connectivity index is 1.77. The zero-order valence-electron chi connectivity index (χ0n) is 15.9. The zero-order valence-corrected chi connectivity index (χ0v) is 15.9. The van der Waals surface area contributed by atoms with Gasteiger partial charge in [0.05, 0.1) is 19.9 Å². The molecule has 1 N–H and O–H groups in total. The molecule has 29 heavy (non-hydrogen) atoms. The first-order chi connectivity index (χ1) is 14.0. The maximum Gasteiger partial charge on any atom is 0.255 e. The number of ether oxygens (including phenoxy) is 3. The molecule has 0 bridgehead atoms. The molecule has 0 heterocycles. The summed E-state index contributed by atoms with van der Waals surface area (Å²) in [5.74, 6) is -0.327. The highest BCUT2D eigenvalue weighted by molar-refractivity contribution is 6.04. The van der Waals surface area contributed by atoms with Crippen molar-refractivity contribution in [1.82, 2.24) is 0 Å². The van der Waals surface area contributed by atoms with E-state index in [0.29, 0.717) is 28.9 Å². The van der Waals surface area contributed by atoms with Gasteiger partial charge in [0.15, 0.2) is 0 Å². The fourth-order valence-electron chi connectivity index (χ4n) is 2.67. The number of halogens is 2. The van der Waals surface area contributed by atoms with Crippen molar-refractivity contribution in [3.8, 4) is 17.2 Å². The van der Waals surface area contributed by atoms with E-state index >= 15 is 0 Å². The van der Waals surface area contributed by atoms with Crippen molar-refractivity contribution in [3.63, 3.8) is 0 Å². The largest absolute Gasteiger partial charge is 0.497 e. The normalized spacial score (nSPS) is 10.3. The number of rotatable bonds is 7. The second-order valence-corrected chi connectivity index (χ2v) is 6.07. The van der Waals surface area contributed by atoms with Crippen LogP contribution in [-0.2, 0) is 6.61 Å². The molecule has 0 saturated carbocycles. The van der Waals surface area contributed by atoms with E-state index < -0.39 is 17.5 Å². The third-order valence-corrected chi connectivity index (χ3v) is 4.16. The molecule has 0 aliphatic heterocycles. The lowest BCUT2D eigenvalue weighted by Crippen LogP contribution is -2.14. The van der Waals surface area contributed by atoms with Gasteiger partial charge in [0.25, 0.3) is 5.91 Å². The van der Waals surface area contributed by atoms with Gasteiger partial charge in [-0.25, -0.2) is 8.78 Å². The molecular weight excluding hydrogens is 380 g/mol. The molecule has 0 saturated heterocycles. The number of carbonyl (C=O) groups is 1. The Labute approximate surface area is 166 Å². The van der Waals surface area contributed by atoms with Crippen LogP contribution in [0.3, 0.4) is 0 Å². The van der Waals surface area contributed by atoms with Gasteiger partial charge in [-0.05, 0) is 42.5 Å². The van der Waals surface area contributed by atoms with Gasteiger partial charge in [-0.2, -0.15) is 0 Å². The SMILES string of the molecule is COc1cccc(OCc2cc(C(=O)Nc3ccc(F)cc3F)ccc2OC)c1. The van der Waals surface area contributed by atoms with Crippen molar-refractivity contribution in [2.45, 2.75) is 6.61 Å². The van der Waals surface area contributed by atoms with Gasteiger partial charge in [0.1, 0.15) is 35.5 Å². The van der Waals surface area contributed by atoms with Crippen LogP contribution in [0.25, 0.3) is 0 Å². The van der Waals surface area contributed by atoms with Gasteiger partial charge in [-0.15, -0.1) is 0 Å². The van der Waals surface area contributed by atoms with E-state index in [1.807, 2.05) is 0 Å². The molecule has 0 aliphatic carbocycles. The predicted molar refractivity (Wildman–Crippen MR) is 105 cm³/mol. The standard InChI is InChI=1S/C22H19F2NO4/c1-27-17-4-3-5-18(12-17)29-13-15-10-14(6-9-21(15)28-2)22(26)25-20-8-7-16(23)11-19(20)24/h3-12H,13H2,1-2H3,(H,25,26). The van der Waals surface area contributed by atoms with E-state index in [2.05, 4.69) is 5.32 Å². The average molecular weight is 399 g/mol. The summed E-state index contributed by atoms with van der Waals surface area (Å²) in [7, 11) is 3.08. The number of hydrogen-bond acceptors (Lipinski definition) is 4. The van der Waals surface area contributed by atoms with E-state index in [-0.39, 0.29) is 17.9 Å². The minimum absolute atomic E-state index is 0.110. The van der Waals surface area contributed by atoms with Crippen molar-refractivity contribution in [3.05, 3.63) is 83.4 Å². The first-order valence-electron chi connectivity index (χ1n) is 8.70. The predicted octanol–water partition coefficient (Wildman–Crippen LogP) is 4.81. The van der Waals surface area contributed by atoms with Crippen LogP contribution in [0.2, 0.25) is 0 Å². The Morgan fingerprint density at radius 2 is 1.72 bits per heavy atom. The second kappa shape index (κ2) is 9.05. The number of hydrogen-bond donors (Lipinski definition) is 1. The van der Waals surface area contributed by atoms with Crippen molar-refractivity contribution in [1.29, 1.82) is 0 Å². The van der Waals surface area contributed by atoms with E-state index in [1.165, 1.54) is 13.2 Å². The minimum Gasteiger partial charge on any atom is -0.497 e. The van der Waals surface area contributed by atoms with Crippen LogP contribution in [0.5, 0.6) is 17.2 Å². The number of amides is 1. The number of benzene rings is 3. The summed E-state index contributed by atoms with van der Waals surface area (Å²) in [6, 6.07) is 14.8. The molecule has 0 unspecified atom stereocenters. The molecule has 0 spiro atoms. The quantitative estimate of drug-likeness (QED) is 0.619. The lowest BCUT2D eigenvalue weighted by molar-refractivity contribution is 0.102. The monoisotopic (exact) mass is 399 g/mol. The molecule has 0 radical (unpaired) electrons. The first kappa shape index (κ1) is 20.1. The van der Waals surface area contributed by atoms with Crippen LogP contribution in [0.1, 0.15) is 15.9 Å². The Morgan fingerprint density at radius 3 is 2.45 bits per heavy atom. The van der Waals surface area contributed by atoms with Gasteiger partial charge < -0.3 is 19.5 Å². The van der Waals surface area contributed by atoms with Gasteiger partial charge >= 0.3 is 0 Å².